The lowest BCUT2D eigenvalue weighted by Gasteiger charge is -2.33. The molecule has 1 fully saturated rings. The minimum Gasteiger partial charge on any atom is -0.469 e. The van der Waals surface area contributed by atoms with Gasteiger partial charge in [0.1, 0.15) is 11.3 Å². The molecule has 1 aliphatic heterocycles. The zero-order chi connectivity index (χ0) is 20.1. The second-order valence-electron chi connectivity index (χ2n) is 6.49. The van der Waals surface area contributed by atoms with Crippen molar-refractivity contribution >= 4 is 21.9 Å². The number of furan rings is 1. The van der Waals surface area contributed by atoms with Gasteiger partial charge in [0.05, 0.1) is 12.0 Å². The van der Waals surface area contributed by atoms with Gasteiger partial charge >= 0.3 is 5.97 Å². The van der Waals surface area contributed by atoms with Crippen molar-refractivity contribution in [3.8, 4) is 0 Å². The second kappa shape index (κ2) is 8.57. The van der Waals surface area contributed by atoms with Gasteiger partial charge in [-0.25, -0.2) is 13.2 Å². The van der Waals surface area contributed by atoms with Crippen molar-refractivity contribution in [3.05, 3.63) is 59.5 Å². The topological polar surface area (TPSA) is 97.1 Å². The highest BCUT2D eigenvalue weighted by atomic mass is 32.2. The van der Waals surface area contributed by atoms with Crippen LogP contribution in [0.25, 0.3) is 0 Å². The lowest BCUT2D eigenvalue weighted by atomic mass is 10.2. The zero-order valence-corrected chi connectivity index (χ0v) is 16.4. The summed E-state index contributed by atoms with van der Waals surface area (Å²) in [6, 6.07) is 10.5. The maximum Gasteiger partial charge on any atom is 0.342 e. The molecule has 0 aliphatic carbocycles. The molecule has 9 heteroatoms. The van der Waals surface area contributed by atoms with Crippen LogP contribution in [0.1, 0.15) is 21.7 Å². The van der Waals surface area contributed by atoms with E-state index in [-0.39, 0.29) is 50.0 Å². The first-order valence-corrected chi connectivity index (χ1v) is 10.5. The molecular formula is C19H22N2O6S. The van der Waals surface area contributed by atoms with Crippen LogP contribution in [0.2, 0.25) is 0 Å². The molecule has 2 aromatic rings. The molecule has 1 aromatic heterocycles. The molecule has 0 radical (unpaired) electrons. The van der Waals surface area contributed by atoms with Crippen molar-refractivity contribution in [2.24, 2.45) is 0 Å². The first-order chi connectivity index (χ1) is 13.4. The number of hydrogen-bond donors (Lipinski definition) is 0. The van der Waals surface area contributed by atoms with E-state index in [1.54, 1.807) is 31.2 Å². The number of benzene rings is 1. The summed E-state index contributed by atoms with van der Waals surface area (Å²) in [6.07, 6.45) is 1.38. The molecule has 150 valence electrons. The van der Waals surface area contributed by atoms with Gasteiger partial charge in [-0.3, -0.25) is 4.79 Å². The number of carbonyl (C=O) groups excluding carboxylic acids is 2. The highest BCUT2D eigenvalue weighted by molar-refractivity contribution is 7.88. The van der Waals surface area contributed by atoms with E-state index in [0.717, 1.165) is 5.56 Å². The fraction of sp³-hybridized carbons (Fsp3) is 0.368. The molecule has 8 nitrogen and oxygen atoms in total. The summed E-state index contributed by atoms with van der Waals surface area (Å²) in [5.41, 5.74) is 1.01. The number of sulfonamides is 1. The van der Waals surface area contributed by atoms with Crippen molar-refractivity contribution in [2.75, 3.05) is 32.8 Å². The Morgan fingerprint density at radius 1 is 1.07 bits per heavy atom. The summed E-state index contributed by atoms with van der Waals surface area (Å²) in [4.78, 5) is 25.7. The minimum absolute atomic E-state index is 0.0660. The molecule has 0 spiro atoms. The van der Waals surface area contributed by atoms with E-state index in [4.69, 9.17) is 9.15 Å². The van der Waals surface area contributed by atoms with E-state index < -0.39 is 16.0 Å². The monoisotopic (exact) mass is 406 g/mol. The van der Waals surface area contributed by atoms with Crippen molar-refractivity contribution in [1.29, 1.82) is 0 Å². The number of rotatable bonds is 6. The molecule has 1 saturated heterocycles. The highest BCUT2D eigenvalue weighted by Crippen LogP contribution is 2.14. The smallest absolute Gasteiger partial charge is 0.342 e. The minimum atomic E-state index is -3.45. The molecule has 0 bridgehead atoms. The summed E-state index contributed by atoms with van der Waals surface area (Å²) in [6.45, 7) is 2.20. The van der Waals surface area contributed by atoms with Crippen LogP contribution in [-0.2, 0) is 25.3 Å². The Morgan fingerprint density at radius 2 is 1.75 bits per heavy atom. The number of carbonyl (C=O) groups is 2. The third-order valence-electron chi connectivity index (χ3n) is 4.58. The van der Waals surface area contributed by atoms with Crippen LogP contribution < -0.4 is 0 Å². The van der Waals surface area contributed by atoms with E-state index in [9.17, 15) is 18.0 Å². The second-order valence-corrected chi connectivity index (χ2v) is 8.46. The summed E-state index contributed by atoms with van der Waals surface area (Å²) in [5.74, 6) is -0.614. The van der Waals surface area contributed by atoms with Crippen LogP contribution in [0, 0.1) is 6.92 Å². The normalized spacial score (nSPS) is 15.4. The third-order valence-corrected chi connectivity index (χ3v) is 6.43. The lowest BCUT2D eigenvalue weighted by molar-refractivity contribution is -0.135. The van der Waals surface area contributed by atoms with Gasteiger partial charge in [0, 0.05) is 26.2 Å². The fourth-order valence-electron chi connectivity index (χ4n) is 2.98. The third kappa shape index (κ3) is 4.79. The SMILES string of the molecule is Cc1occc1C(=O)OCC(=O)N1CCN(S(=O)(=O)Cc2ccccc2)CC1. The molecule has 3 rings (SSSR count). The number of ether oxygens (including phenoxy) is 1. The van der Waals surface area contributed by atoms with Crippen LogP contribution in [0.3, 0.4) is 0 Å². The number of aryl methyl sites for hydroxylation is 1. The zero-order valence-electron chi connectivity index (χ0n) is 15.5. The van der Waals surface area contributed by atoms with E-state index in [0.29, 0.717) is 5.76 Å². The van der Waals surface area contributed by atoms with E-state index in [1.807, 2.05) is 6.07 Å². The molecule has 0 unspecified atom stereocenters. The Kier molecular flexibility index (Phi) is 6.15. The maximum absolute atomic E-state index is 12.6. The number of hydrogen-bond acceptors (Lipinski definition) is 6. The highest BCUT2D eigenvalue weighted by Gasteiger charge is 2.29. The average Bonchev–Trinajstić information content (AvgIpc) is 3.12. The Bertz CT molecular complexity index is 930. The molecule has 0 atom stereocenters. The molecule has 0 N–H and O–H groups in total. The van der Waals surface area contributed by atoms with Gasteiger partial charge in [0.2, 0.25) is 10.0 Å². The van der Waals surface area contributed by atoms with E-state index in [2.05, 4.69) is 0 Å². The van der Waals surface area contributed by atoms with E-state index in [1.165, 1.54) is 21.5 Å². The van der Waals surface area contributed by atoms with Gasteiger partial charge in [-0.05, 0) is 18.6 Å². The summed E-state index contributed by atoms with van der Waals surface area (Å²) >= 11 is 0. The van der Waals surface area contributed by atoms with Gasteiger partial charge in [-0.15, -0.1) is 0 Å². The molecule has 28 heavy (non-hydrogen) atoms. The van der Waals surface area contributed by atoms with Crippen molar-refractivity contribution in [2.45, 2.75) is 12.7 Å². The molecule has 1 amide bonds. The number of amides is 1. The predicted octanol–water partition coefficient (Wildman–Crippen LogP) is 1.42. The predicted molar refractivity (Wildman–Crippen MR) is 101 cm³/mol. The fourth-order valence-corrected chi connectivity index (χ4v) is 4.50. The van der Waals surface area contributed by atoms with Gasteiger partial charge in [0.15, 0.2) is 6.61 Å². The van der Waals surface area contributed by atoms with Crippen LogP contribution in [0.15, 0.2) is 47.1 Å². The summed E-state index contributed by atoms with van der Waals surface area (Å²) in [7, 11) is -3.45. The number of esters is 1. The molecule has 1 aromatic carbocycles. The first-order valence-electron chi connectivity index (χ1n) is 8.87. The molecule has 1 aliphatic rings. The first kappa shape index (κ1) is 20.1. The Morgan fingerprint density at radius 3 is 2.36 bits per heavy atom. The lowest BCUT2D eigenvalue weighted by Crippen LogP contribution is -2.51. The quantitative estimate of drug-likeness (QED) is 0.673. The van der Waals surface area contributed by atoms with Gasteiger partial charge in [-0.2, -0.15) is 4.31 Å². The Labute approximate surface area is 163 Å². The molecular weight excluding hydrogens is 384 g/mol. The van der Waals surface area contributed by atoms with Gasteiger partial charge < -0.3 is 14.1 Å². The maximum atomic E-state index is 12.6. The summed E-state index contributed by atoms with van der Waals surface area (Å²) < 4.78 is 36.6. The van der Waals surface area contributed by atoms with Gasteiger partial charge in [0.25, 0.3) is 5.91 Å². The van der Waals surface area contributed by atoms with Crippen LogP contribution in [-0.4, -0.2) is 62.3 Å². The van der Waals surface area contributed by atoms with Crippen LogP contribution in [0.4, 0.5) is 0 Å². The van der Waals surface area contributed by atoms with Crippen molar-refractivity contribution in [1.82, 2.24) is 9.21 Å². The van der Waals surface area contributed by atoms with Crippen molar-refractivity contribution in [3.63, 3.8) is 0 Å². The largest absolute Gasteiger partial charge is 0.469 e. The summed E-state index contributed by atoms with van der Waals surface area (Å²) in [5, 5.41) is 0. The number of piperazine rings is 1. The standard InChI is InChI=1S/C19H22N2O6S/c1-15-17(7-12-26-15)19(23)27-13-18(22)20-8-10-21(11-9-20)28(24,25)14-16-5-3-2-4-6-16/h2-7,12H,8-11,13-14H2,1H3. The Balaban J connectivity index is 1.48. The van der Waals surface area contributed by atoms with Crippen molar-refractivity contribution < 1.29 is 27.2 Å². The number of nitrogens with zero attached hydrogens (tertiary/aromatic N) is 2. The van der Waals surface area contributed by atoms with Gasteiger partial charge in [-0.1, -0.05) is 30.3 Å². The van der Waals surface area contributed by atoms with E-state index >= 15 is 0 Å². The Hall–Kier alpha value is -2.65. The van der Waals surface area contributed by atoms with Crippen LogP contribution in [0.5, 0.6) is 0 Å². The molecule has 0 saturated carbocycles. The van der Waals surface area contributed by atoms with Crippen LogP contribution >= 0.6 is 0 Å². The molecule has 2 heterocycles. The average molecular weight is 406 g/mol.